The number of ketones is 1. The van der Waals surface area contributed by atoms with Crippen molar-refractivity contribution in [3.8, 4) is 11.5 Å². The number of hydrogen-bond donors (Lipinski definition) is 1. The molecule has 9 heteroatoms. The molecule has 0 atom stereocenters. The number of amides is 1. The lowest BCUT2D eigenvalue weighted by atomic mass is 10.1. The van der Waals surface area contributed by atoms with Crippen molar-refractivity contribution in [2.45, 2.75) is 6.92 Å². The first kappa shape index (κ1) is 19.7. The Morgan fingerprint density at radius 2 is 1.61 bits per heavy atom. The smallest absolute Gasteiger partial charge is 0.255 e. The van der Waals surface area contributed by atoms with Gasteiger partial charge < -0.3 is 14.8 Å². The van der Waals surface area contributed by atoms with Gasteiger partial charge >= 0.3 is 0 Å². The number of anilines is 2. The molecule has 8 nitrogen and oxygen atoms in total. The molecule has 0 radical (unpaired) electrons. The Labute approximate surface area is 163 Å². The highest BCUT2D eigenvalue weighted by Crippen LogP contribution is 2.36. The second kappa shape index (κ2) is 7.51. The number of ether oxygens (including phenoxy) is 2. The lowest BCUT2D eigenvalue weighted by Crippen LogP contribution is -2.24. The van der Waals surface area contributed by atoms with Gasteiger partial charge in [0.1, 0.15) is 13.2 Å². The molecule has 0 fully saturated rings. The first-order valence-corrected chi connectivity index (χ1v) is 10.3. The van der Waals surface area contributed by atoms with Gasteiger partial charge in [-0.05, 0) is 37.3 Å². The highest BCUT2D eigenvalue weighted by Gasteiger charge is 2.20. The van der Waals surface area contributed by atoms with Crippen molar-refractivity contribution in [2.24, 2.45) is 0 Å². The van der Waals surface area contributed by atoms with Crippen molar-refractivity contribution in [1.29, 1.82) is 0 Å². The van der Waals surface area contributed by atoms with Crippen LogP contribution >= 0.6 is 0 Å². The summed E-state index contributed by atoms with van der Waals surface area (Å²) in [5.74, 6) is 0.254. The average Bonchev–Trinajstić information content (AvgIpc) is 2.66. The average molecular weight is 404 g/mol. The van der Waals surface area contributed by atoms with E-state index in [-0.39, 0.29) is 5.78 Å². The van der Waals surface area contributed by atoms with E-state index in [0.29, 0.717) is 47.2 Å². The fourth-order valence-corrected chi connectivity index (χ4v) is 3.20. The van der Waals surface area contributed by atoms with Gasteiger partial charge in [0.15, 0.2) is 17.3 Å². The minimum atomic E-state index is -3.39. The van der Waals surface area contributed by atoms with Gasteiger partial charge in [0.05, 0.1) is 17.6 Å². The normalized spacial score (nSPS) is 13.0. The molecule has 0 saturated carbocycles. The number of carbonyl (C=O) groups is 2. The highest BCUT2D eigenvalue weighted by molar-refractivity contribution is 7.92. The predicted molar refractivity (Wildman–Crippen MR) is 105 cm³/mol. The molecule has 0 aliphatic carbocycles. The maximum Gasteiger partial charge on any atom is 0.255 e. The number of hydrogen-bond acceptors (Lipinski definition) is 6. The summed E-state index contributed by atoms with van der Waals surface area (Å²) >= 11 is 0. The third-order valence-corrected chi connectivity index (χ3v) is 5.51. The van der Waals surface area contributed by atoms with Gasteiger partial charge in [0, 0.05) is 24.2 Å². The van der Waals surface area contributed by atoms with E-state index in [1.54, 1.807) is 12.1 Å². The molecule has 148 valence electrons. The number of fused-ring (bicyclic) bond motifs is 1. The molecule has 3 rings (SSSR count). The van der Waals surface area contributed by atoms with E-state index < -0.39 is 15.9 Å². The zero-order valence-electron chi connectivity index (χ0n) is 15.7. The Kier molecular flexibility index (Phi) is 5.28. The van der Waals surface area contributed by atoms with Crippen LogP contribution < -0.4 is 19.1 Å². The largest absolute Gasteiger partial charge is 0.486 e. The van der Waals surface area contributed by atoms with E-state index in [1.165, 1.54) is 38.2 Å². The lowest BCUT2D eigenvalue weighted by Gasteiger charge is -2.21. The molecule has 0 unspecified atom stereocenters. The van der Waals surface area contributed by atoms with Gasteiger partial charge in [-0.1, -0.05) is 0 Å². The lowest BCUT2D eigenvalue weighted by molar-refractivity contribution is 0.101. The quantitative estimate of drug-likeness (QED) is 0.768. The first-order chi connectivity index (χ1) is 13.2. The second-order valence-electron chi connectivity index (χ2n) is 6.33. The minimum absolute atomic E-state index is 0.225. The summed E-state index contributed by atoms with van der Waals surface area (Å²) in [6, 6.07) is 9.21. The third kappa shape index (κ3) is 4.09. The topological polar surface area (TPSA) is 102 Å². The fraction of sp³-hybridized carbons (Fsp3) is 0.263. The summed E-state index contributed by atoms with van der Waals surface area (Å²) < 4.78 is 35.3. The Hall–Kier alpha value is -3.07. The van der Waals surface area contributed by atoms with Gasteiger partial charge in [-0.2, -0.15) is 0 Å². The van der Waals surface area contributed by atoms with Crippen LogP contribution in [0.3, 0.4) is 0 Å². The van der Waals surface area contributed by atoms with Crippen LogP contribution in [0.15, 0.2) is 36.4 Å². The van der Waals surface area contributed by atoms with Crippen LogP contribution in [0.25, 0.3) is 0 Å². The zero-order valence-corrected chi connectivity index (χ0v) is 16.5. The van der Waals surface area contributed by atoms with Crippen LogP contribution in [-0.4, -0.2) is 46.6 Å². The van der Waals surface area contributed by atoms with E-state index in [9.17, 15) is 18.0 Å². The number of carbonyl (C=O) groups excluding carboxylic acids is 2. The standard InChI is InChI=1S/C19H20N2O6S/c1-12(22)15-10-17-18(27-9-8-26-17)11-16(15)20-19(23)13-4-6-14(7-5-13)21(2)28(3,24)25/h4-7,10-11H,8-9H2,1-3H3,(H,20,23). The van der Waals surface area contributed by atoms with Crippen molar-refractivity contribution >= 4 is 33.1 Å². The van der Waals surface area contributed by atoms with E-state index in [1.807, 2.05) is 0 Å². The van der Waals surface area contributed by atoms with Gasteiger partial charge in [0.25, 0.3) is 5.91 Å². The molecular weight excluding hydrogens is 384 g/mol. The van der Waals surface area contributed by atoms with Gasteiger partial charge in [-0.25, -0.2) is 8.42 Å². The van der Waals surface area contributed by atoms with E-state index >= 15 is 0 Å². The fourth-order valence-electron chi connectivity index (χ4n) is 2.69. The Bertz CT molecular complexity index is 1030. The second-order valence-corrected chi connectivity index (χ2v) is 8.34. The van der Waals surface area contributed by atoms with Crippen LogP contribution in [0.1, 0.15) is 27.6 Å². The van der Waals surface area contributed by atoms with Crippen LogP contribution in [0.4, 0.5) is 11.4 Å². The zero-order chi connectivity index (χ0) is 20.5. The molecule has 1 N–H and O–H groups in total. The molecule has 2 aromatic rings. The molecular formula is C19H20N2O6S. The van der Waals surface area contributed by atoms with Crippen LogP contribution in [-0.2, 0) is 10.0 Å². The molecule has 2 aromatic carbocycles. The van der Waals surface area contributed by atoms with Crippen molar-refractivity contribution in [1.82, 2.24) is 0 Å². The predicted octanol–water partition coefficient (Wildman–Crippen LogP) is 2.31. The summed E-state index contributed by atoms with van der Waals surface area (Å²) in [5.41, 5.74) is 1.38. The molecule has 1 aliphatic heterocycles. The number of Topliss-reactive ketones (excluding diaryl/α,β-unsaturated/α-hetero) is 1. The van der Waals surface area contributed by atoms with Gasteiger partial charge in [0.2, 0.25) is 10.0 Å². The van der Waals surface area contributed by atoms with Crippen molar-refractivity contribution < 1.29 is 27.5 Å². The SMILES string of the molecule is CC(=O)c1cc2c(cc1NC(=O)c1ccc(N(C)S(C)(=O)=O)cc1)OCCO2. The number of rotatable bonds is 5. The molecule has 0 saturated heterocycles. The Morgan fingerprint density at radius 1 is 1.04 bits per heavy atom. The molecule has 0 spiro atoms. The Morgan fingerprint density at radius 3 is 2.14 bits per heavy atom. The van der Waals surface area contributed by atoms with E-state index in [0.717, 1.165) is 10.6 Å². The molecule has 28 heavy (non-hydrogen) atoms. The third-order valence-electron chi connectivity index (χ3n) is 4.30. The Balaban J connectivity index is 1.86. The minimum Gasteiger partial charge on any atom is -0.486 e. The van der Waals surface area contributed by atoms with E-state index in [4.69, 9.17) is 9.47 Å². The molecule has 0 aromatic heterocycles. The van der Waals surface area contributed by atoms with Crippen molar-refractivity contribution in [3.05, 3.63) is 47.5 Å². The number of sulfonamides is 1. The van der Waals surface area contributed by atoms with Crippen molar-refractivity contribution in [3.63, 3.8) is 0 Å². The summed E-state index contributed by atoms with van der Waals surface area (Å²) in [7, 11) is -1.96. The summed E-state index contributed by atoms with van der Waals surface area (Å²) in [6.45, 7) is 2.18. The van der Waals surface area contributed by atoms with E-state index in [2.05, 4.69) is 5.32 Å². The maximum atomic E-state index is 12.6. The highest BCUT2D eigenvalue weighted by atomic mass is 32.2. The van der Waals surface area contributed by atoms with Crippen LogP contribution in [0.5, 0.6) is 11.5 Å². The number of benzene rings is 2. The molecule has 1 amide bonds. The maximum absolute atomic E-state index is 12.6. The van der Waals surface area contributed by atoms with Gasteiger partial charge in [-0.15, -0.1) is 0 Å². The number of nitrogens with one attached hydrogen (secondary N) is 1. The summed E-state index contributed by atoms with van der Waals surface area (Å²) in [4.78, 5) is 24.6. The monoisotopic (exact) mass is 404 g/mol. The molecule has 1 aliphatic rings. The van der Waals surface area contributed by atoms with Gasteiger partial charge in [-0.3, -0.25) is 13.9 Å². The molecule has 0 bridgehead atoms. The van der Waals surface area contributed by atoms with Crippen LogP contribution in [0.2, 0.25) is 0 Å². The van der Waals surface area contributed by atoms with Crippen molar-refractivity contribution in [2.75, 3.05) is 36.1 Å². The summed E-state index contributed by atoms with van der Waals surface area (Å²) in [6.07, 6.45) is 1.10. The number of nitrogens with zero attached hydrogens (tertiary/aromatic N) is 1. The van der Waals surface area contributed by atoms with Crippen LogP contribution in [0, 0.1) is 0 Å². The molecule has 1 heterocycles. The summed E-state index contributed by atoms with van der Waals surface area (Å²) in [5, 5.41) is 2.71. The first-order valence-electron chi connectivity index (χ1n) is 8.46.